The van der Waals surface area contributed by atoms with Crippen LogP contribution in [0, 0.1) is 0 Å². The standard InChI is InChI=1S/C23H25N5O3/c24-16-12-27(13-16)19-4-2-1-3-18(19)25-10-14-5-6-15-11-28(23(31)17(15)9-14)20-7-8-21(29)26-22(20)30/h1-6,9,16,20,25H,7-8,10-13,24H2,(H,26,29,30). The second kappa shape index (κ2) is 7.70. The Morgan fingerprint density at radius 2 is 1.90 bits per heavy atom. The van der Waals surface area contributed by atoms with E-state index < -0.39 is 6.04 Å². The van der Waals surface area contributed by atoms with Crippen LogP contribution in [0.25, 0.3) is 0 Å². The van der Waals surface area contributed by atoms with Crippen LogP contribution in [0.1, 0.15) is 34.3 Å². The summed E-state index contributed by atoms with van der Waals surface area (Å²) in [5, 5.41) is 5.81. The van der Waals surface area contributed by atoms with Crippen molar-refractivity contribution in [2.45, 2.75) is 38.0 Å². The predicted octanol–water partition coefficient (Wildman–Crippen LogP) is 1.21. The Hall–Kier alpha value is -3.39. The lowest BCUT2D eigenvalue weighted by Gasteiger charge is -2.39. The van der Waals surface area contributed by atoms with Gasteiger partial charge < -0.3 is 20.9 Å². The quantitative estimate of drug-likeness (QED) is 0.629. The first-order valence-electron chi connectivity index (χ1n) is 10.6. The van der Waals surface area contributed by atoms with Gasteiger partial charge in [0.2, 0.25) is 11.8 Å². The maximum atomic E-state index is 13.0. The highest BCUT2D eigenvalue weighted by atomic mass is 16.2. The maximum absolute atomic E-state index is 13.0. The molecule has 8 heteroatoms. The Labute approximate surface area is 180 Å². The number of nitrogens with two attached hydrogens (primary N) is 1. The molecule has 2 aromatic carbocycles. The Morgan fingerprint density at radius 1 is 1.10 bits per heavy atom. The minimum Gasteiger partial charge on any atom is -0.379 e. The number of benzene rings is 2. The van der Waals surface area contributed by atoms with Crippen molar-refractivity contribution in [1.82, 2.24) is 10.2 Å². The normalized spacial score (nSPS) is 21.1. The average Bonchev–Trinajstić information content (AvgIpc) is 3.06. The van der Waals surface area contributed by atoms with Crippen LogP contribution in [-0.2, 0) is 22.7 Å². The number of amides is 3. The number of hydrogen-bond donors (Lipinski definition) is 3. The number of anilines is 2. The molecule has 3 amide bonds. The number of nitrogens with one attached hydrogen (secondary N) is 2. The van der Waals surface area contributed by atoms with Crippen molar-refractivity contribution >= 4 is 29.1 Å². The Morgan fingerprint density at radius 3 is 2.68 bits per heavy atom. The third-order valence-electron chi connectivity index (χ3n) is 6.23. The van der Waals surface area contributed by atoms with Crippen LogP contribution in [-0.4, -0.2) is 47.8 Å². The first-order valence-corrected chi connectivity index (χ1v) is 10.6. The third-order valence-corrected chi connectivity index (χ3v) is 6.23. The molecular weight excluding hydrogens is 394 g/mol. The lowest BCUT2D eigenvalue weighted by atomic mass is 10.0. The molecule has 8 nitrogen and oxygen atoms in total. The van der Waals surface area contributed by atoms with E-state index in [1.165, 1.54) is 0 Å². The molecule has 2 saturated heterocycles. The third kappa shape index (κ3) is 3.63. The highest BCUT2D eigenvalue weighted by molar-refractivity contribution is 6.05. The van der Waals surface area contributed by atoms with E-state index in [0.717, 1.165) is 35.6 Å². The summed E-state index contributed by atoms with van der Waals surface area (Å²) in [6.45, 7) is 2.67. The molecule has 0 radical (unpaired) electrons. The molecule has 5 rings (SSSR count). The summed E-state index contributed by atoms with van der Waals surface area (Å²) in [5.74, 6) is -0.817. The molecule has 31 heavy (non-hydrogen) atoms. The minimum atomic E-state index is -0.589. The molecule has 2 fully saturated rings. The number of fused-ring (bicyclic) bond motifs is 1. The zero-order valence-corrected chi connectivity index (χ0v) is 17.1. The van der Waals surface area contributed by atoms with Crippen molar-refractivity contribution in [3.8, 4) is 0 Å². The van der Waals surface area contributed by atoms with Crippen molar-refractivity contribution in [2.24, 2.45) is 5.73 Å². The van der Waals surface area contributed by atoms with Crippen LogP contribution in [0.5, 0.6) is 0 Å². The van der Waals surface area contributed by atoms with Crippen molar-refractivity contribution in [1.29, 1.82) is 0 Å². The molecule has 0 saturated carbocycles. The summed E-state index contributed by atoms with van der Waals surface area (Å²) in [4.78, 5) is 40.4. The number of imide groups is 1. The first-order chi connectivity index (χ1) is 15.0. The Balaban J connectivity index is 1.29. The molecular formula is C23H25N5O3. The number of para-hydroxylation sites is 2. The van der Waals surface area contributed by atoms with Crippen molar-refractivity contribution in [3.05, 3.63) is 59.2 Å². The molecule has 2 aromatic rings. The second-order valence-electron chi connectivity index (χ2n) is 8.43. The number of carbonyl (C=O) groups excluding carboxylic acids is 3. The van der Waals surface area contributed by atoms with Crippen LogP contribution >= 0.6 is 0 Å². The molecule has 3 aliphatic heterocycles. The van der Waals surface area contributed by atoms with Gasteiger partial charge in [-0.15, -0.1) is 0 Å². The molecule has 0 bridgehead atoms. The van der Waals surface area contributed by atoms with Crippen LogP contribution in [0.2, 0.25) is 0 Å². The predicted molar refractivity (Wildman–Crippen MR) is 116 cm³/mol. The number of carbonyl (C=O) groups is 3. The van der Waals surface area contributed by atoms with Gasteiger partial charge >= 0.3 is 0 Å². The monoisotopic (exact) mass is 419 g/mol. The Bertz CT molecular complexity index is 1060. The fraction of sp³-hybridized carbons (Fsp3) is 0.348. The van der Waals surface area contributed by atoms with Crippen molar-refractivity contribution < 1.29 is 14.4 Å². The second-order valence-corrected chi connectivity index (χ2v) is 8.43. The van der Waals surface area contributed by atoms with Crippen molar-refractivity contribution in [2.75, 3.05) is 23.3 Å². The van der Waals surface area contributed by atoms with Gasteiger partial charge in [0.1, 0.15) is 6.04 Å². The van der Waals surface area contributed by atoms with E-state index in [1.807, 2.05) is 36.4 Å². The molecule has 1 atom stereocenters. The van der Waals surface area contributed by atoms with Crippen molar-refractivity contribution in [3.63, 3.8) is 0 Å². The minimum absolute atomic E-state index is 0.152. The summed E-state index contributed by atoms with van der Waals surface area (Å²) in [6.07, 6.45) is 0.628. The number of rotatable bonds is 5. The molecule has 160 valence electrons. The van der Waals surface area contributed by atoms with Gasteiger partial charge in [0.25, 0.3) is 5.91 Å². The highest BCUT2D eigenvalue weighted by Crippen LogP contribution is 2.31. The fourth-order valence-corrected chi connectivity index (χ4v) is 4.52. The number of nitrogens with zero attached hydrogens (tertiary/aromatic N) is 2. The smallest absolute Gasteiger partial charge is 0.255 e. The van der Waals surface area contributed by atoms with E-state index in [1.54, 1.807) is 4.90 Å². The van der Waals surface area contributed by atoms with Gasteiger partial charge in [-0.1, -0.05) is 24.3 Å². The molecule has 0 aliphatic carbocycles. The van der Waals surface area contributed by atoms with E-state index in [9.17, 15) is 14.4 Å². The first kappa shape index (κ1) is 19.6. The van der Waals surface area contributed by atoms with Gasteiger partial charge in [0.15, 0.2) is 0 Å². The summed E-state index contributed by atoms with van der Waals surface area (Å²) in [7, 11) is 0. The maximum Gasteiger partial charge on any atom is 0.255 e. The molecule has 3 heterocycles. The van der Waals surface area contributed by atoms with E-state index in [4.69, 9.17) is 5.73 Å². The SMILES string of the molecule is NC1CN(c2ccccc2NCc2ccc3c(c2)C(=O)N(C2CCC(=O)NC2=O)C3)C1. The summed E-state index contributed by atoms with van der Waals surface area (Å²) < 4.78 is 0. The highest BCUT2D eigenvalue weighted by Gasteiger charge is 2.39. The largest absolute Gasteiger partial charge is 0.379 e. The van der Waals surface area contributed by atoms with E-state index in [0.29, 0.717) is 25.1 Å². The van der Waals surface area contributed by atoms with Crippen LogP contribution in [0.4, 0.5) is 11.4 Å². The zero-order chi connectivity index (χ0) is 21.5. The zero-order valence-electron chi connectivity index (χ0n) is 17.1. The van der Waals surface area contributed by atoms with Gasteiger partial charge in [-0.25, -0.2) is 0 Å². The van der Waals surface area contributed by atoms with E-state index in [-0.39, 0.29) is 30.2 Å². The fourth-order valence-electron chi connectivity index (χ4n) is 4.52. The lowest BCUT2D eigenvalue weighted by Crippen LogP contribution is -2.56. The van der Waals surface area contributed by atoms with Gasteiger partial charge in [0, 0.05) is 44.2 Å². The summed E-state index contributed by atoms with van der Waals surface area (Å²) in [6, 6.07) is 13.6. The van der Waals surface area contributed by atoms with Crippen LogP contribution < -0.4 is 21.3 Å². The molecule has 0 aromatic heterocycles. The van der Waals surface area contributed by atoms with Gasteiger partial charge in [-0.05, 0) is 35.7 Å². The van der Waals surface area contributed by atoms with E-state index >= 15 is 0 Å². The van der Waals surface area contributed by atoms with Gasteiger partial charge in [0.05, 0.1) is 11.4 Å². The van der Waals surface area contributed by atoms with E-state index in [2.05, 4.69) is 21.6 Å². The average molecular weight is 419 g/mol. The van der Waals surface area contributed by atoms with Crippen LogP contribution in [0.3, 0.4) is 0 Å². The number of hydrogen-bond acceptors (Lipinski definition) is 6. The Kier molecular flexibility index (Phi) is 4.86. The lowest BCUT2D eigenvalue weighted by molar-refractivity contribution is -0.136. The van der Waals surface area contributed by atoms with Crippen LogP contribution in [0.15, 0.2) is 42.5 Å². The molecule has 1 unspecified atom stereocenters. The number of piperidine rings is 1. The molecule has 0 spiro atoms. The summed E-state index contributed by atoms with van der Waals surface area (Å²) in [5.41, 5.74) is 10.6. The topological polar surface area (TPSA) is 108 Å². The molecule has 3 aliphatic rings. The van der Waals surface area contributed by atoms with Gasteiger partial charge in [-0.3, -0.25) is 19.7 Å². The molecule has 4 N–H and O–H groups in total. The summed E-state index contributed by atoms with van der Waals surface area (Å²) >= 11 is 0. The van der Waals surface area contributed by atoms with Gasteiger partial charge in [-0.2, -0.15) is 0 Å².